The quantitative estimate of drug-likeness (QED) is 0.228. The largest absolute Gasteiger partial charge is 0.504 e. The first-order valence-corrected chi connectivity index (χ1v) is 12.3. The van der Waals surface area contributed by atoms with Crippen LogP contribution in [0.1, 0.15) is 102 Å². The van der Waals surface area contributed by atoms with Crippen LogP contribution in [0, 0.1) is 0 Å². The topological polar surface area (TPSA) is 40.5 Å². The van der Waals surface area contributed by atoms with Gasteiger partial charge < -0.3 is 10.2 Å². The van der Waals surface area contributed by atoms with Gasteiger partial charge in [0.2, 0.25) is 0 Å². The molecule has 0 amide bonds. The molecule has 0 aliphatic rings. The second-order valence-electron chi connectivity index (χ2n) is 8.65. The lowest BCUT2D eigenvalue weighted by molar-refractivity contribution is 0.397. The van der Waals surface area contributed by atoms with E-state index in [1.807, 2.05) is 18.2 Å². The number of phenols is 2. The molecule has 0 aromatic heterocycles. The van der Waals surface area contributed by atoms with Crippen LogP contribution in [0.4, 0.5) is 0 Å². The van der Waals surface area contributed by atoms with Crippen molar-refractivity contribution in [1.82, 2.24) is 0 Å². The van der Waals surface area contributed by atoms with E-state index < -0.39 is 0 Å². The van der Waals surface area contributed by atoms with Crippen molar-refractivity contribution in [2.24, 2.45) is 0 Å². The van der Waals surface area contributed by atoms with Gasteiger partial charge in [0.1, 0.15) is 0 Å². The fourth-order valence-corrected chi connectivity index (χ4v) is 4.35. The molecule has 0 heterocycles. The van der Waals surface area contributed by atoms with Gasteiger partial charge in [0.15, 0.2) is 11.5 Å². The van der Waals surface area contributed by atoms with E-state index in [9.17, 15) is 10.2 Å². The molecular weight excluding hydrogens is 368 g/mol. The van der Waals surface area contributed by atoms with Crippen LogP contribution in [-0.4, -0.2) is 10.2 Å². The van der Waals surface area contributed by atoms with Gasteiger partial charge in [-0.3, -0.25) is 0 Å². The van der Waals surface area contributed by atoms with Gasteiger partial charge in [0, 0.05) is 5.56 Å². The zero-order valence-corrected chi connectivity index (χ0v) is 19.3. The molecule has 2 N–H and O–H groups in total. The zero-order valence-electron chi connectivity index (χ0n) is 19.3. The molecule has 166 valence electrons. The lowest BCUT2D eigenvalue weighted by Gasteiger charge is -2.18. The third-order valence-corrected chi connectivity index (χ3v) is 6.14. The molecule has 0 fully saturated rings. The van der Waals surface area contributed by atoms with Gasteiger partial charge in [-0.05, 0) is 48.4 Å². The highest BCUT2D eigenvalue weighted by atomic mass is 16.3. The molecule has 0 atom stereocenters. The van der Waals surface area contributed by atoms with Gasteiger partial charge in [-0.15, -0.1) is 0 Å². The number of rotatable bonds is 15. The van der Waals surface area contributed by atoms with Gasteiger partial charge in [0.25, 0.3) is 0 Å². The first-order chi connectivity index (χ1) is 14.7. The third-order valence-electron chi connectivity index (χ3n) is 6.14. The molecule has 2 rings (SSSR count). The molecule has 2 nitrogen and oxygen atoms in total. The lowest BCUT2D eigenvalue weighted by Crippen LogP contribution is -2.00. The molecule has 0 saturated carbocycles. The predicted octanol–water partition coefficient (Wildman–Crippen LogP) is 8.57. The number of benzene rings is 2. The van der Waals surface area contributed by atoms with Crippen LogP contribution in [0.25, 0.3) is 11.1 Å². The van der Waals surface area contributed by atoms with Crippen molar-refractivity contribution in [3.63, 3.8) is 0 Å². The van der Waals surface area contributed by atoms with Crippen LogP contribution in [0.2, 0.25) is 0 Å². The maximum atomic E-state index is 10.7. The standard InChI is InChI=1S/C28H42O2/c1-3-5-7-9-11-16-20-24-25(21-17-12-10-8-6-4-2)28(30)27(29)22-26(24)23-18-14-13-15-19-23/h13-15,18-19,22,29-30H,3-12,16-17,20-21H2,1-2H3. The van der Waals surface area contributed by atoms with Crippen LogP contribution in [0.3, 0.4) is 0 Å². The molecule has 0 aliphatic heterocycles. The van der Waals surface area contributed by atoms with Crippen molar-refractivity contribution in [3.8, 4) is 22.6 Å². The summed E-state index contributed by atoms with van der Waals surface area (Å²) in [7, 11) is 0. The predicted molar refractivity (Wildman–Crippen MR) is 129 cm³/mol. The first kappa shape index (κ1) is 24.3. The van der Waals surface area contributed by atoms with Crippen LogP contribution in [-0.2, 0) is 12.8 Å². The van der Waals surface area contributed by atoms with E-state index in [1.165, 1.54) is 69.8 Å². The van der Waals surface area contributed by atoms with Crippen LogP contribution < -0.4 is 0 Å². The summed E-state index contributed by atoms with van der Waals surface area (Å²) in [4.78, 5) is 0. The number of hydrogen-bond acceptors (Lipinski definition) is 2. The number of hydrogen-bond donors (Lipinski definition) is 2. The number of phenolic OH excluding ortho intramolecular Hbond substituents is 2. The number of unbranched alkanes of at least 4 members (excludes halogenated alkanes) is 10. The van der Waals surface area contributed by atoms with E-state index in [-0.39, 0.29) is 11.5 Å². The molecule has 0 bridgehead atoms. The average Bonchev–Trinajstić information content (AvgIpc) is 2.77. The highest BCUT2D eigenvalue weighted by molar-refractivity contribution is 5.73. The van der Waals surface area contributed by atoms with E-state index in [1.54, 1.807) is 6.07 Å². The van der Waals surface area contributed by atoms with Crippen molar-refractivity contribution in [3.05, 3.63) is 47.5 Å². The maximum Gasteiger partial charge on any atom is 0.160 e. The average molecular weight is 411 g/mol. The molecule has 0 saturated heterocycles. The molecule has 0 spiro atoms. The molecule has 0 radical (unpaired) electrons. The Morgan fingerprint density at radius 1 is 0.600 bits per heavy atom. The molecular formula is C28H42O2. The highest BCUT2D eigenvalue weighted by Crippen LogP contribution is 2.40. The van der Waals surface area contributed by atoms with E-state index in [4.69, 9.17) is 0 Å². The first-order valence-electron chi connectivity index (χ1n) is 12.3. The monoisotopic (exact) mass is 410 g/mol. The van der Waals surface area contributed by atoms with E-state index >= 15 is 0 Å². The fraction of sp³-hybridized carbons (Fsp3) is 0.571. The smallest absolute Gasteiger partial charge is 0.160 e. The van der Waals surface area contributed by atoms with Crippen LogP contribution in [0.5, 0.6) is 11.5 Å². The summed E-state index contributed by atoms with van der Waals surface area (Å²) in [5, 5.41) is 21.2. The summed E-state index contributed by atoms with van der Waals surface area (Å²) in [6, 6.07) is 12.1. The molecule has 0 unspecified atom stereocenters. The van der Waals surface area contributed by atoms with Crippen molar-refractivity contribution in [2.45, 2.75) is 104 Å². The Morgan fingerprint density at radius 2 is 1.10 bits per heavy atom. The van der Waals surface area contributed by atoms with Gasteiger partial charge in [0.05, 0.1) is 0 Å². The molecule has 2 aromatic rings. The van der Waals surface area contributed by atoms with Gasteiger partial charge in [-0.25, -0.2) is 0 Å². The van der Waals surface area contributed by atoms with E-state index in [0.29, 0.717) is 0 Å². The Morgan fingerprint density at radius 3 is 1.67 bits per heavy atom. The zero-order chi connectivity index (χ0) is 21.6. The van der Waals surface area contributed by atoms with E-state index in [2.05, 4.69) is 26.0 Å². The van der Waals surface area contributed by atoms with Crippen LogP contribution in [0.15, 0.2) is 36.4 Å². The minimum absolute atomic E-state index is 0.0153. The SMILES string of the molecule is CCCCCCCCc1c(-c2ccccc2)cc(O)c(O)c1CCCCCCCC. The van der Waals surface area contributed by atoms with Crippen LogP contribution >= 0.6 is 0 Å². The second kappa shape index (κ2) is 14.1. The Hall–Kier alpha value is -1.96. The fourth-order valence-electron chi connectivity index (χ4n) is 4.35. The summed E-state index contributed by atoms with van der Waals surface area (Å²) in [6.07, 6.45) is 16.7. The highest BCUT2D eigenvalue weighted by Gasteiger charge is 2.18. The van der Waals surface area contributed by atoms with Crippen molar-refractivity contribution < 1.29 is 10.2 Å². The van der Waals surface area contributed by atoms with Crippen molar-refractivity contribution in [1.29, 1.82) is 0 Å². The van der Waals surface area contributed by atoms with E-state index in [0.717, 1.165) is 42.4 Å². The second-order valence-corrected chi connectivity index (χ2v) is 8.65. The Labute approximate surface area is 184 Å². The maximum absolute atomic E-state index is 10.7. The summed E-state index contributed by atoms with van der Waals surface area (Å²) >= 11 is 0. The molecule has 2 aromatic carbocycles. The third kappa shape index (κ3) is 7.70. The van der Waals surface area contributed by atoms with Gasteiger partial charge in [-0.2, -0.15) is 0 Å². The van der Waals surface area contributed by atoms with Crippen molar-refractivity contribution >= 4 is 0 Å². The normalized spacial score (nSPS) is 11.1. The molecule has 2 heteroatoms. The molecule has 0 aliphatic carbocycles. The minimum atomic E-state index is 0.0153. The van der Waals surface area contributed by atoms with Gasteiger partial charge in [-0.1, -0.05) is 108 Å². The Bertz CT molecular complexity index is 721. The summed E-state index contributed by atoms with van der Waals surface area (Å²) in [5.74, 6) is 0.116. The van der Waals surface area contributed by atoms with Crippen molar-refractivity contribution in [2.75, 3.05) is 0 Å². The minimum Gasteiger partial charge on any atom is -0.504 e. The number of aromatic hydroxyl groups is 2. The Kier molecular flexibility index (Phi) is 11.4. The lowest BCUT2D eigenvalue weighted by atomic mass is 9.88. The molecule has 30 heavy (non-hydrogen) atoms. The summed E-state index contributed by atoms with van der Waals surface area (Å²) < 4.78 is 0. The van der Waals surface area contributed by atoms with Gasteiger partial charge >= 0.3 is 0 Å². The Balaban J connectivity index is 2.18. The summed E-state index contributed by atoms with van der Waals surface area (Å²) in [6.45, 7) is 4.49. The summed E-state index contributed by atoms with van der Waals surface area (Å²) in [5.41, 5.74) is 4.41.